The SMILES string of the molecule is CCCN1CCC(N2CCC[C@@H](Cn3cc(C(=O)N(CC)CC)nn3)C2)CC1. The van der Waals surface area contributed by atoms with Crippen LogP contribution in [0.15, 0.2) is 6.20 Å². The Morgan fingerprint density at radius 2 is 1.89 bits per heavy atom. The molecule has 1 amide bonds. The van der Waals surface area contributed by atoms with Crippen LogP contribution >= 0.6 is 0 Å². The maximum absolute atomic E-state index is 12.4. The number of amides is 1. The first-order valence-electron chi connectivity index (χ1n) is 11.3. The van der Waals surface area contributed by atoms with Crippen LogP contribution in [0.2, 0.25) is 0 Å². The van der Waals surface area contributed by atoms with E-state index in [1.165, 1.54) is 58.3 Å². The molecule has 0 bridgehead atoms. The minimum absolute atomic E-state index is 0.0136. The summed E-state index contributed by atoms with van der Waals surface area (Å²) in [7, 11) is 0. The van der Waals surface area contributed by atoms with Crippen molar-refractivity contribution in [2.24, 2.45) is 5.92 Å². The molecule has 7 heteroatoms. The average Bonchev–Trinajstić information content (AvgIpc) is 3.18. The van der Waals surface area contributed by atoms with Gasteiger partial charge in [-0.3, -0.25) is 14.4 Å². The van der Waals surface area contributed by atoms with E-state index in [0.717, 1.165) is 19.1 Å². The number of carbonyl (C=O) groups is 1. The van der Waals surface area contributed by atoms with Crippen molar-refractivity contribution in [2.45, 2.75) is 65.5 Å². The van der Waals surface area contributed by atoms with Gasteiger partial charge in [0, 0.05) is 32.2 Å². The Morgan fingerprint density at radius 3 is 2.57 bits per heavy atom. The number of aromatic nitrogens is 3. The molecule has 3 rings (SSSR count). The maximum Gasteiger partial charge on any atom is 0.276 e. The third kappa shape index (κ3) is 5.32. The number of rotatable bonds is 8. The molecule has 0 spiro atoms. The summed E-state index contributed by atoms with van der Waals surface area (Å²) in [4.78, 5) is 19.6. The molecule has 1 aromatic heterocycles. The Morgan fingerprint density at radius 1 is 1.14 bits per heavy atom. The van der Waals surface area contributed by atoms with Crippen LogP contribution in [-0.2, 0) is 6.54 Å². The highest BCUT2D eigenvalue weighted by Crippen LogP contribution is 2.24. The highest BCUT2D eigenvalue weighted by Gasteiger charge is 2.29. The van der Waals surface area contributed by atoms with Crippen molar-refractivity contribution < 1.29 is 4.79 Å². The van der Waals surface area contributed by atoms with E-state index in [1.807, 2.05) is 24.7 Å². The van der Waals surface area contributed by atoms with Gasteiger partial charge in [-0.2, -0.15) is 0 Å². The lowest BCUT2D eigenvalue weighted by Crippen LogP contribution is -2.49. The molecule has 0 aliphatic carbocycles. The second-order valence-corrected chi connectivity index (χ2v) is 8.38. The Bertz CT molecular complexity index is 606. The van der Waals surface area contributed by atoms with E-state index >= 15 is 0 Å². The Balaban J connectivity index is 1.51. The van der Waals surface area contributed by atoms with Crippen molar-refractivity contribution in [3.8, 4) is 0 Å². The van der Waals surface area contributed by atoms with Crippen LogP contribution in [0.5, 0.6) is 0 Å². The molecule has 158 valence electrons. The molecule has 1 aromatic rings. The lowest BCUT2D eigenvalue weighted by molar-refractivity contribution is 0.0664. The minimum Gasteiger partial charge on any atom is -0.338 e. The van der Waals surface area contributed by atoms with Crippen LogP contribution in [0.4, 0.5) is 0 Å². The fourth-order valence-corrected chi connectivity index (χ4v) is 4.83. The summed E-state index contributed by atoms with van der Waals surface area (Å²) < 4.78 is 1.88. The lowest BCUT2D eigenvalue weighted by Gasteiger charge is -2.42. The van der Waals surface area contributed by atoms with Crippen LogP contribution in [0, 0.1) is 5.92 Å². The normalized spacial score (nSPS) is 22.5. The van der Waals surface area contributed by atoms with Gasteiger partial charge in [0.15, 0.2) is 5.69 Å². The predicted octanol–water partition coefficient (Wildman–Crippen LogP) is 2.35. The van der Waals surface area contributed by atoms with Gasteiger partial charge in [0.1, 0.15) is 0 Å². The number of hydrogen-bond donors (Lipinski definition) is 0. The first-order chi connectivity index (χ1) is 13.6. The third-order valence-corrected chi connectivity index (χ3v) is 6.42. The molecular formula is C21H38N6O. The molecule has 0 unspecified atom stereocenters. The number of carbonyl (C=O) groups excluding carboxylic acids is 1. The van der Waals surface area contributed by atoms with E-state index in [1.54, 1.807) is 4.90 Å². The molecule has 0 N–H and O–H groups in total. The Labute approximate surface area is 170 Å². The molecule has 0 saturated carbocycles. The highest BCUT2D eigenvalue weighted by atomic mass is 16.2. The molecule has 2 saturated heterocycles. The van der Waals surface area contributed by atoms with Gasteiger partial charge >= 0.3 is 0 Å². The summed E-state index contributed by atoms with van der Waals surface area (Å²) in [5.41, 5.74) is 0.472. The number of piperidine rings is 2. The summed E-state index contributed by atoms with van der Waals surface area (Å²) in [5.74, 6) is 0.584. The molecule has 28 heavy (non-hydrogen) atoms. The number of nitrogens with zero attached hydrogens (tertiary/aromatic N) is 6. The summed E-state index contributed by atoms with van der Waals surface area (Å²) in [5, 5.41) is 8.38. The van der Waals surface area contributed by atoms with Gasteiger partial charge in [-0.1, -0.05) is 12.1 Å². The first-order valence-corrected chi connectivity index (χ1v) is 11.3. The fraction of sp³-hybridized carbons (Fsp3) is 0.857. The predicted molar refractivity (Wildman–Crippen MR) is 111 cm³/mol. The van der Waals surface area contributed by atoms with Crippen LogP contribution in [0.1, 0.15) is 63.4 Å². The summed E-state index contributed by atoms with van der Waals surface area (Å²) in [6.45, 7) is 14.7. The molecule has 7 nitrogen and oxygen atoms in total. The Hall–Kier alpha value is -1.47. The minimum atomic E-state index is -0.0136. The molecule has 1 atom stereocenters. The molecule has 2 aliphatic heterocycles. The van der Waals surface area contributed by atoms with Crippen molar-refractivity contribution in [1.29, 1.82) is 0 Å². The van der Waals surface area contributed by atoms with Crippen LogP contribution in [-0.4, -0.2) is 87.5 Å². The van der Waals surface area contributed by atoms with E-state index < -0.39 is 0 Å². The molecule has 2 fully saturated rings. The molecule has 3 heterocycles. The van der Waals surface area contributed by atoms with Crippen molar-refractivity contribution >= 4 is 5.91 Å². The van der Waals surface area contributed by atoms with Gasteiger partial charge in [0.2, 0.25) is 0 Å². The van der Waals surface area contributed by atoms with Gasteiger partial charge in [-0.15, -0.1) is 5.10 Å². The van der Waals surface area contributed by atoms with Crippen LogP contribution < -0.4 is 0 Å². The van der Waals surface area contributed by atoms with Crippen molar-refractivity contribution in [3.05, 3.63) is 11.9 Å². The summed E-state index contributed by atoms with van der Waals surface area (Å²) in [6.07, 6.45) is 8.21. The molecule has 0 radical (unpaired) electrons. The van der Waals surface area contributed by atoms with Crippen LogP contribution in [0.3, 0.4) is 0 Å². The van der Waals surface area contributed by atoms with Gasteiger partial charge in [-0.25, -0.2) is 0 Å². The average molecular weight is 391 g/mol. The summed E-state index contributed by atoms with van der Waals surface area (Å²) >= 11 is 0. The zero-order valence-corrected chi connectivity index (χ0v) is 18.0. The first kappa shape index (κ1) is 21.2. The van der Waals surface area contributed by atoms with E-state index in [9.17, 15) is 4.79 Å². The number of hydrogen-bond acceptors (Lipinski definition) is 5. The zero-order chi connectivity index (χ0) is 19.9. The van der Waals surface area contributed by atoms with Gasteiger partial charge in [0.05, 0.1) is 6.20 Å². The quantitative estimate of drug-likeness (QED) is 0.682. The molecule has 0 aromatic carbocycles. The van der Waals surface area contributed by atoms with Crippen molar-refractivity contribution in [1.82, 2.24) is 29.7 Å². The van der Waals surface area contributed by atoms with E-state index in [-0.39, 0.29) is 5.91 Å². The third-order valence-electron chi connectivity index (χ3n) is 6.42. The second kappa shape index (κ2) is 10.3. The largest absolute Gasteiger partial charge is 0.338 e. The van der Waals surface area contributed by atoms with E-state index in [2.05, 4.69) is 27.0 Å². The fourth-order valence-electron chi connectivity index (χ4n) is 4.83. The zero-order valence-electron chi connectivity index (χ0n) is 18.0. The highest BCUT2D eigenvalue weighted by molar-refractivity contribution is 5.91. The smallest absolute Gasteiger partial charge is 0.276 e. The second-order valence-electron chi connectivity index (χ2n) is 8.38. The van der Waals surface area contributed by atoms with Crippen molar-refractivity contribution in [2.75, 3.05) is 45.8 Å². The lowest BCUT2D eigenvalue weighted by atomic mass is 9.94. The summed E-state index contributed by atoms with van der Waals surface area (Å²) in [6, 6.07) is 0.742. The topological polar surface area (TPSA) is 57.5 Å². The molecular weight excluding hydrogens is 352 g/mol. The monoisotopic (exact) mass is 390 g/mol. The van der Waals surface area contributed by atoms with Gasteiger partial charge in [0.25, 0.3) is 5.91 Å². The standard InChI is InChI=1S/C21H38N6O/c1-4-11-24-13-9-19(10-14-24)26-12-7-8-18(15-26)16-27-17-20(22-23-27)21(28)25(5-2)6-3/h17-19H,4-16H2,1-3H3/t18-/m1/s1. The van der Waals surface area contributed by atoms with Gasteiger partial charge in [-0.05, 0) is 78.0 Å². The maximum atomic E-state index is 12.4. The number of likely N-dealkylation sites (tertiary alicyclic amines) is 2. The van der Waals surface area contributed by atoms with Gasteiger partial charge < -0.3 is 9.80 Å². The molecule has 2 aliphatic rings. The van der Waals surface area contributed by atoms with Crippen LogP contribution in [0.25, 0.3) is 0 Å². The Kier molecular flexibility index (Phi) is 7.85. The van der Waals surface area contributed by atoms with Crippen molar-refractivity contribution in [3.63, 3.8) is 0 Å². The van der Waals surface area contributed by atoms with E-state index in [0.29, 0.717) is 24.7 Å². The van der Waals surface area contributed by atoms with E-state index in [4.69, 9.17) is 0 Å².